The summed E-state index contributed by atoms with van der Waals surface area (Å²) in [6, 6.07) is 10.9. The Kier molecular flexibility index (Phi) is 9.06. The number of amides is 1. The number of benzene rings is 2. The molecule has 4 aliphatic rings. The van der Waals surface area contributed by atoms with Crippen molar-refractivity contribution in [2.75, 3.05) is 13.2 Å². The molecule has 2 fully saturated rings. The molecule has 2 aromatic carbocycles. The minimum Gasteiger partial charge on any atom is -0.507 e. The van der Waals surface area contributed by atoms with Gasteiger partial charge in [-0.1, -0.05) is 49.8 Å². The summed E-state index contributed by atoms with van der Waals surface area (Å²) in [6.07, 6.45) is 6.44. The maximum Gasteiger partial charge on any atom is 0.407 e. The first-order valence-corrected chi connectivity index (χ1v) is 16.6. The number of phenols is 1. The first kappa shape index (κ1) is 34.2. The summed E-state index contributed by atoms with van der Waals surface area (Å²) >= 11 is 0. The molecule has 0 radical (unpaired) electrons. The number of nitrogens with zero attached hydrogens (tertiary/aromatic N) is 2. The fraction of sp³-hybridized carbons (Fsp3) is 0.459. The minimum atomic E-state index is -1.76. The van der Waals surface area contributed by atoms with Gasteiger partial charge in [-0.25, -0.2) is 9.59 Å². The van der Waals surface area contributed by atoms with Gasteiger partial charge >= 0.3 is 12.1 Å². The summed E-state index contributed by atoms with van der Waals surface area (Å²) in [5.74, 6) is -2.34. The van der Waals surface area contributed by atoms with E-state index in [1.807, 2.05) is 13.0 Å². The third-order valence-corrected chi connectivity index (χ3v) is 11.5. The number of carbonyl (C=O) groups excluding carboxylic acids is 3. The standard InChI is InChI=1S/C37H41N3O9/c1-35-14-11-24(41)17-22(35)7-9-25-27-12-15-37(48,36(27,2)19-30(43)32(25)35)31(44)20-49-34(47)38-16-13-21-5-3-4-6-28(21)40-39-23-8-10-29(42)26(18-23)33(45)46/h3-8,10-11,14,18,25,27,30,32,42-43,48H,9,12-13,15-17,19-20H2,1-2H3,(H,38,47)(H,45,46). The molecule has 7 atom stereocenters. The largest absolute Gasteiger partial charge is 0.507 e. The second-order valence-corrected chi connectivity index (χ2v) is 14.1. The van der Waals surface area contributed by atoms with Crippen molar-refractivity contribution in [3.63, 3.8) is 0 Å². The fourth-order valence-electron chi connectivity index (χ4n) is 8.99. The first-order valence-electron chi connectivity index (χ1n) is 16.6. The maximum absolute atomic E-state index is 13.6. The van der Waals surface area contributed by atoms with Crippen LogP contribution in [-0.2, 0) is 20.7 Å². The molecule has 0 aromatic heterocycles. The van der Waals surface area contributed by atoms with Crippen LogP contribution in [0.1, 0.15) is 61.9 Å². The van der Waals surface area contributed by atoms with E-state index < -0.39 is 47.0 Å². The third-order valence-electron chi connectivity index (χ3n) is 11.5. The van der Waals surface area contributed by atoms with Crippen molar-refractivity contribution in [2.24, 2.45) is 38.8 Å². The van der Waals surface area contributed by atoms with Crippen LogP contribution in [0.3, 0.4) is 0 Å². The van der Waals surface area contributed by atoms with E-state index in [1.54, 1.807) is 30.3 Å². The van der Waals surface area contributed by atoms with Gasteiger partial charge in [0.25, 0.3) is 0 Å². The molecule has 1 amide bonds. The van der Waals surface area contributed by atoms with Gasteiger partial charge in [-0.15, -0.1) is 0 Å². The van der Waals surface area contributed by atoms with E-state index in [4.69, 9.17) is 4.74 Å². The highest BCUT2D eigenvalue weighted by Gasteiger charge is 2.68. The van der Waals surface area contributed by atoms with Crippen molar-refractivity contribution in [2.45, 2.75) is 64.1 Å². The lowest BCUT2D eigenvalue weighted by molar-refractivity contribution is -0.176. The van der Waals surface area contributed by atoms with Crippen molar-refractivity contribution in [3.05, 3.63) is 77.4 Å². The van der Waals surface area contributed by atoms with E-state index in [0.717, 1.165) is 11.1 Å². The van der Waals surface area contributed by atoms with Crippen LogP contribution >= 0.6 is 0 Å². The molecule has 4 aliphatic carbocycles. The highest BCUT2D eigenvalue weighted by Crippen LogP contribution is 2.66. The summed E-state index contributed by atoms with van der Waals surface area (Å²) in [6.45, 7) is 3.47. The van der Waals surface area contributed by atoms with Crippen LogP contribution < -0.4 is 5.32 Å². The monoisotopic (exact) mass is 671 g/mol. The second-order valence-electron chi connectivity index (χ2n) is 14.1. The number of rotatable bonds is 9. The number of aliphatic hydroxyl groups is 2. The van der Waals surface area contributed by atoms with Gasteiger partial charge in [0.2, 0.25) is 5.78 Å². The molecule has 0 heterocycles. The third kappa shape index (κ3) is 6.08. The van der Waals surface area contributed by atoms with Gasteiger partial charge in [0.1, 0.15) is 16.9 Å². The van der Waals surface area contributed by atoms with Crippen molar-refractivity contribution >= 4 is 35.0 Å². The fourth-order valence-corrected chi connectivity index (χ4v) is 8.99. The smallest absolute Gasteiger partial charge is 0.407 e. The number of hydrogen-bond acceptors (Lipinski definition) is 10. The Morgan fingerprint density at radius 2 is 1.88 bits per heavy atom. The molecule has 0 spiro atoms. The molecule has 0 aliphatic heterocycles. The molecular formula is C37H41N3O9. The van der Waals surface area contributed by atoms with Gasteiger partial charge in [-0.3, -0.25) is 9.59 Å². The summed E-state index contributed by atoms with van der Waals surface area (Å²) < 4.78 is 5.27. The van der Waals surface area contributed by atoms with Gasteiger partial charge in [0.05, 0.1) is 17.5 Å². The highest BCUT2D eigenvalue weighted by molar-refractivity contribution is 5.94. The number of fused-ring (bicyclic) bond motifs is 5. The number of ether oxygens (including phenoxy) is 1. The molecule has 5 N–H and O–H groups in total. The van der Waals surface area contributed by atoms with E-state index in [9.17, 15) is 39.6 Å². The number of ketones is 2. The second kappa shape index (κ2) is 13.0. The summed E-state index contributed by atoms with van der Waals surface area (Å²) in [4.78, 5) is 49.6. The average Bonchev–Trinajstić information content (AvgIpc) is 3.34. The van der Waals surface area contributed by atoms with Crippen molar-refractivity contribution < 1.29 is 44.3 Å². The van der Waals surface area contributed by atoms with Crippen LogP contribution in [0, 0.1) is 28.6 Å². The number of allylic oxidation sites excluding steroid dienone is 4. The molecule has 258 valence electrons. The quantitative estimate of drug-likeness (QED) is 0.172. The van der Waals surface area contributed by atoms with E-state index in [1.165, 1.54) is 18.2 Å². The molecule has 6 rings (SSSR count). The number of aromatic carboxylic acids is 1. The van der Waals surface area contributed by atoms with Crippen LogP contribution in [0.5, 0.6) is 5.75 Å². The number of nitrogens with one attached hydrogen (secondary N) is 1. The molecule has 12 nitrogen and oxygen atoms in total. The van der Waals surface area contributed by atoms with E-state index >= 15 is 0 Å². The maximum atomic E-state index is 13.6. The van der Waals surface area contributed by atoms with E-state index in [2.05, 4.69) is 28.5 Å². The zero-order valence-electron chi connectivity index (χ0n) is 27.5. The number of aliphatic hydroxyl groups excluding tert-OH is 1. The van der Waals surface area contributed by atoms with Crippen molar-refractivity contribution in [1.29, 1.82) is 0 Å². The predicted molar refractivity (Wildman–Crippen MR) is 177 cm³/mol. The highest BCUT2D eigenvalue weighted by atomic mass is 16.6. The number of carboxylic acid groups (broad SMARTS) is 1. The first-order chi connectivity index (χ1) is 23.3. The van der Waals surface area contributed by atoms with Gasteiger partial charge in [0, 0.05) is 29.7 Å². The molecule has 2 saturated carbocycles. The Morgan fingerprint density at radius 3 is 2.65 bits per heavy atom. The summed E-state index contributed by atoms with van der Waals surface area (Å²) in [7, 11) is 0. The topological polar surface area (TPSA) is 195 Å². The number of azo groups is 1. The molecule has 12 heteroatoms. The van der Waals surface area contributed by atoms with Gasteiger partial charge in [0.15, 0.2) is 12.4 Å². The lowest BCUT2D eigenvalue weighted by Crippen LogP contribution is -2.61. The lowest BCUT2D eigenvalue weighted by atomic mass is 9.47. The van der Waals surface area contributed by atoms with Gasteiger partial charge in [-0.2, -0.15) is 10.2 Å². The number of aromatic hydroxyl groups is 1. The van der Waals surface area contributed by atoms with Crippen LogP contribution in [0.4, 0.5) is 16.2 Å². The molecule has 0 bridgehead atoms. The Balaban J connectivity index is 1.05. The van der Waals surface area contributed by atoms with Crippen LogP contribution in [0.25, 0.3) is 0 Å². The van der Waals surface area contributed by atoms with E-state index in [0.29, 0.717) is 31.4 Å². The zero-order chi connectivity index (χ0) is 35.1. The number of carboxylic acids is 1. The van der Waals surface area contributed by atoms with Gasteiger partial charge in [-0.05, 0) is 79.8 Å². The van der Waals surface area contributed by atoms with Crippen LogP contribution in [0.15, 0.2) is 76.5 Å². The number of carbonyl (C=O) groups is 4. The average molecular weight is 672 g/mol. The van der Waals surface area contributed by atoms with E-state index in [-0.39, 0.29) is 59.9 Å². The summed E-state index contributed by atoms with van der Waals surface area (Å²) in [5.41, 5.74) is -0.919. The molecule has 7 unspecified atom stereocenters. The Morgan fingerprint density at radius 1 is 1.10 bits per heavy atom. The normalized spacial score (nSPS) is 31.8. The Hall–Kier alpha value is -4.68. The number of hydrogen-bond donors (Lipinski definition) is 5. The zero-order valence-corrected chi connectivity index (χ0v) is 27.5. The van der Waals surface area contributed by atoms with Crippen molar-refractivity contribution in [3.8, 4) is 5.75 Å². The van der Waals surface area contributed by atoms with Crippen LogP contribution in [-0.4, -0.2) is 68.9 Å². The molecule has 49 heavy (non-hydrogen) atoms. The molecule has 2 aromatic rings. The lowest BCUT2D eigenvalue weighted by Gasteiger charge is -2.58. The summed E-state index contributed by atoms with van der Waals surface area (Å²) in [5, 5.41) is 53.3. The SMILES string of the molecule is CC12C=CC(=O)CC1=CCC1C2C(O)CC2(C)C1CCC2(O)C(=O)COC(=O)NCCc1ccccc1N=Nc1ccc(O)c(C(=O)O)c1. The Labute approximate surface area is 283 Å². The molecular weight excluding hydrogens is 630 g/mol. The minimum absolute atomic E-state index is 0.0251. The molecule has 0 saturated heterocycles. The van der Waals surface area contributed by atoms with Crippen LogP contribution in [0.2, 0.25) is 0 Å². The predicted octanol–water partition coefficient (Wildman–Crippen LogP) is 5.35. The van der Waals surface area contributed by atoms with Crippen molar-refractivity contribution in [1.82, 2.24) is 5.32 Å². The number of Topliss-reactive ketones (excluding diaryl/α,β-unsaturated/α-hetero) is 1. The number of alkyl carbamates (subject to hydrolysis) is 1. The Bertz CT molecular complexity index is 1790. The van der Waals surface area contributed by atoms with Gasteiger partial charge < -0.3 is 30.5 Å².